The van der Waals surface area contributed by atoms with Gasteiger partial charge in [-0.3, -0.25) is 0 Å². The molecule has 2 fully saturated rings. The van der Waals surface area contributed by atoms with Gasteiger partial charge in [-0.25, -0.2) is 9.78 Å². The lowest BCUT2D eigenvalue weighted by Gasteiger charge is -2.37. The average molecular weight is 261 g/mol. The van der Waals surface area contributed by atoms with Crippen LogP contribution >= 0.6 is 0 Å². The summed E-state index contributed by atoms with van der Waals surface area (Å²) >= 11 is 0. The highest BCUT2D eigenvalue weighted by atomic mass is 16.2. The molecular weight excluding hydrogens is 242 g/mol. The standard InChI is InChI=1S/C13H19N5O/c1-9-6-15-12(5-11(9)14)17-3-4-18-10(8-17)7-16(2)13(18)19/h5-6,10H,3-4,7-8H2,1-2H3,(H2,14,15). The van der Waals surface area contributed by atoms with Crippen molar-refractivity contribution in [3.8, 4) is 0 Å². The number of hydrogen-bond acceptors (Lipinski definition) is 4. The molecule has 2 aliphatic heterocycles. The normalized spacial score (nSPS) is 22.9. The van der Waals surface area contributed by atoms with Gasteiger partial charge in [0.2, 0.25) is 0 Å². The first kappa shape index (κ1) is 12.1. The summed E-state index contributed by atoms with van der Waals surface area (Å²) in [5.74, 6) is 0.907. The van der Waals surface area contributed by atoms with Gasteiger partial charge in [0.25, 0.3) is 0 Å². The largest absolute Gasteiger partial charge is 0.398 e. The average Bonchev–Trinajstić information content (AvgIpc) is 2.68. The zero-order valence-corrected chi connectivity index (χ0v) is 11.3. The fraction of sp³-hybridized carbons (Fsp3) is 0.538. The molecule has 19 heavy (non-hydrogen) atoms. The molecule has 1 atom stereocenters. The number of carbonyl (C=O) groups excluding carboxylic acids is 1. The number of anilines is 2. The van der Waals surface area contributed by atoms with Crippen LogP contribution in [0, 0.1) is 6.92 Å². The Bertz CT molecular complexity index is 518. The van der Waals surface area contributed by atoms with E-state index in [1.807, 2.05) is 31.1 Å². The topological polar surface area (TPSA) is 65.7 Å². The van der Waals surface area contributed by atoms with Crippen LogP contribution in [0.5, 0.6) is 0 Å². The maximum absolute atomic E-state index is 11.9. The minimum Gasteiger partial charge on any atom is -0.398 e. The highest BCUT2D eigenvalue weighted by molar-refractivity contribution is 5.77. The van der Waals surface area contributed by atoms with Gasteiger partial charge in [0, 0.05) is 51.2 Å². The summed E-state index contributed by atoms with van der Waals surface area (Å²) in [6, 6.07) is 2.32. The molecule has 0 spiro atoms. The molecule has 102 valence electrons. The van der Waals surface area contributed by atoms with Crippen molar-refractivity contribution >= 4 is 17.5 Å². The van der Waals surface area contributed by atoms with Crippen LogP contribution in [0.1, 0.15) is 5.56 Å². The third-order valence-electron chi connectivity index (χ3n) is 3.99. The number of piperazine rings is 1. The molecule has 2 aliphatic rings. The summed E-state index contributed by atoms with van der Waals surface area (Å²) in [7, 11) is 1.85. The molecule has 0 aromatic carbocycles. The number of aromatic nitrogens is 1. The molecule has 0 aliphatic carbocycles. The number of aryl methyl sites for hydroxylation is 1. The van der Waals surface area contributed by atoms with Crippen molar-refractivity contribution in [2.75, 3.05) is 43.9 Å². The van der Waals surface area contributed by atoms with Crippen molar-refractivity contribution in [2.45, 2.75) is 13.0 Å². The van der Waals surface area contributed by atoms with Crippen LogP contribution in [0.2, 0.25) is 0 Å². The van der Waals surface area contributed by atoms with Crippen LogP contribution in [0.25, 0.3) is 0 Å². The Balaban J connectivity index is 1.78. The van der Waals surface area contributed by atoms with Crippen LogP contribution in [-0.2, 0) is 0 Å². The molecule has 3 rings (SSSR count). The SMILES string of the molecule is Cc1cnc(N2CCN3C(=O)N(C)CC3C2)cc1N. The Morgan fingerprint density at radius 3 is 2.89 bits per heavy atom. The van der Waals surface area contributed by atoms with Gasteiger partial charge in [-0.2, -0.15) is 0 Å². The second kappa shape index (κ2) is 4.29. The minimum atomic E-state index is 0.140. The van der Waals surface area contributed by atoms with E-state index in [0.717, 1.165) is 43.2 Å². The number of nitrogen functional groups attached to an aromatic ring is 1. The van der Waals surface area contributed by atoms with Crippen molar-refractivity contribution in [3.63, 3.8) is 0 Å². The van der Waals surface area contributed by atoms with Crippen molar-refractivity contribution in [1.29, 1.82) is 0 Å². The lowest BCUT2D eigenvalue weighted by molar-refractivity contribution is 0.187. The van der Waals surface area contributed by atoms with E-state index in [4.69, 9.17) is 5.73 Å². The second-order valence-electron chi connectivity index (χ2n) is 5.36. The fourth-order valence-corrected chi connectivity index (χ4v) is 2.79. The molecule has 2 N–H and O–H groups in total. The number of rotatable bonds is 1. The van der Waals surface area contributed by atoms with E-state index >= 15 is 0 Å². The van der Waals surface area contributed by atoms with E-state index < -0.39 is 0 Å². The number of fused-ring (bicyclic) bond motifs is 1. The summed E-state index contributed by atoms with van der Waals surface area (Å²) in [4.78, 5) is 22.3. The summed E-state index contributed by atoms with van der Waals surface area (Å²) in [6.07, 6.45) is 1.81. The van der Waals surface area contributed by atoms with Crippen molar-refractivity contribution in [2.24, 2.45) is 0 Å². The first-order valence-corrected chi connectivity index (χ1v) is 6.55. The van der Waals surface area contributed by atoms with Crippen molar-refractivity contribution in [3.05, 3.63) is 17.8 Å². The maximum Gasteiger partial charge on any atom is 0.320 e. The maximum atomic E-state index is 11.9. The number of amides is 2. The summed E-state index contributed by atoms with van der Waals surface area (Å²) < 4.78 is 0. The molecule has 3 heterocycles. The molecule has 2 saturated heterocycles. The monoisotopic (exact) mass is 261 g/mol. The Labute approximate surface area is 112 Å². The molecule has 0 radical (unpaired) electrons. The lowest BCUT2D eigenvalue weighted by atomic mass is 10.2. The van der Waals surface area contributed by atoms with E-state index in [9.17, 15) is 4.79 Å². The predicted octanol–water partition coefficient (Wildman–Crippen LogP) is 0.528. The predicted molar refractivity (Wildman–Crippen MR) is 74.1 cm³/mol. The van der Waals surface area contributed by atoms with E-state index in [0.29, 0.717) is 0 Å². The molecule has 6 heteroatoms. The van der Waals surface area contributed by atoms with Crippen LogP contribution in [0.4, 0.5) is 16.3 Å². The van der Waals surface area contributed by atoms with E-state index in [2.05, 4.69) is 9.88 Å². The van der Waals surface area contributed by atoms with Crippen LogP contribution in [-0.4, -0.2) is 60.1 Å². The quantitative estimate of drug-likeness (QED) is 0.801. The third-order valence-corrected chi connectivity index (χ3v) is 3.99. The highest BCUT2D eigenvalue weighted by Crippen LogP contribution is 2.24. The van der Waals surface area contributed by atoms with Gasteiger partial charge in [-0.1, -0.05) is 0 Å². The highest BCUT2D eigenvalue weighted by Gasteiger charge is 2.39. The minimum absolute atomic E-state index is 0.140. The lowest BCUT2D eigenvalue weighted by Crippen LogP contribution is -2.52. The number of nitrogens with zero attached hydrogens (tertiary/aromatic N) is 4. The van der Waals surface area contributed by atoms with E-state index in [1.54, 1.807) is 4.90 Å². The van der Waals surface area contributed by atoms with Crippen LogP contribution in [0.3, 0.4) is 0 Å². The Morgan fingerprint density at radius 2 is 2.16 bits per heavy atom. The molecule has 1 aromatic rings. The van der Waals surface area contributed by atoms with Crippen LogP contribution in [0.15, 0.2) is 12.3 Å². The number of likely N-dealkylation sites (N-methyl/N-ethyl adjacent to an activating group) is 1. The number of urea groups is 1. The van der Waals surface area contributed by atoms with Crippen molar-refractivity contribution < 1.29 is 4.79 Å². The van der Waals surface area contributed by atoms with Gasteiger partial charge in [0.15, 0.2) is 0 Å². The van der Waals surface area contributed by atoms with Gasteiger partial charge in [0.1, 0.15) is 5.82 Å². The van der Waals surface area contributed by atoms with E-state index in [-0.39, 0.29) is 12.1 Å². The third kappa shape index (κ3) is 1.97. The first-order chi connectivity index (χ1) is 9.06. The zero-order valence-electron chi connectivity index (χ0n) is 11.3. The smallest absolute Gasteiger partial charge is 0.320 e. The van der Waals surface area contributed by atoms with Gasteiger partial charge < -0.3 is 20.4 Å². The molecule has 1 unspecified atom stereocenters. The Morgan fingerprint density at radius 1 is 1.37 bits per heavy atom. The molecule has 0 bridgehead atoms. The Hall–Kier alpha value is -1.98. The summed E-state index contributed by atoms with van der Waals surface area (Å²) in [5, 5.41) is 0. The van der Waals surface area contributed by atoms with Gasteiger partial charge in [-0.05, 0) is 12.5 Å². The zero-order chi connectivity index (χ0) is 13.6. The molecule has 0 saturated carbocycles. The number of nitrogens with two attached hydrogens (primary N) is 1. The van der Waals surface area contributed by atoms with Gasteiger partial charge in [0.05, 0.1) is 6.04 Å². The fourth-order valence-electron chi connectivity index (χ4n) is 2.79. The van der Waals surface area contributed by atoms with E-state index in [1.165, 1.54) is 0 Å². The number of hydrogen-bond donors (Lipinski definition) is 1. The Kier molecular flexibility index (Phi) is 2.73. The van der Waals surface area contributed by atoms with Crippen molar-refractivity contribution in [1.82, 2.24) is 14.8 Å². The molecule has 1 aromatic heterocycles. The molecule has 6 nitrogen and oxygen atoms in total. The van der Waals surface area contributed by atoms with Gasteiger partial charge in [-0.15, -0.1) is 0 Å². The summed E-state index contributed by atoms with van der Waals surface area (Å²) in [5.41, 5.74) is 7.71. The summed E-state index contributed by atoms with van der Waals surface area (Å²) in [6.45, 7) is 5.13. The first-order valence-electron chi connectivity index (χ1n) is 6.55. The van der Waals surface area contributed by atoms with Crippen LogP contribution < -0.4 is 10.6 Å². The molecular formula is C13H19N5O. The number of carbonyl (C=O) groups is 1. The second-order valence-corrected chi connectivity index (χ2v) is 5.36. The number of pyridine rings is 1. The molecule has 2 amide bonds. The van der Waals surface area contributed by atoms with Gasteiger partial charge >= 0.3 is 6.03 Å².